The van der Waals surface area contributed by atoms with E-state index in [1.807, 2.05) is 13.0 Å². The molecule has 0 bridgehead atoms. The van der Waals surface area contributed by atoms with Crippen molar-refractivity contribution in [2.45, 2.75) is 37.9 Å². The predicted octanol–water partition coefficient (Wildman–Crippen LogP) is 6.35. The molecule has 2 heterocycles. The van der Waals surface area contributed by atoms with E-state index < -0.39 is 17.4 Å². The number of halogens is 5. The maximum Gasteiger partial charge on any atom is 0.398 e. The first kappa shape index (κ1) is 20.6. The number of hydrogen-bond donors (Lipinski definition) is 0. The maximum absolute atomic E-state index is 14.7. The van der Waals surface area contributed by atoms with Gasteiger partial charge in [0.2, 0.25) is 0 Å². The van der Waals surface area contributed by atoms with Gasteiger partial charge in [-0.2, -0.15) is 18.3 Å². The van der Waals surface area contributed by atoms with Crippen LogP contribution in [-0.2, 0) is 12.0 Å². The topological polar surface area (TPSA) is 30.7 Å². The second kappa shape index (κ2) is 7.54. The molecule has 3 aromatic rings. The summed E-state index contributed by atoms with van der Waals surface area (Å²) in [6.45, 7) is 2.23. The molecule has 156 valence electrons. The predicted molar refractivity (Wildman–Crippen MR) is 108 cm³/mol. The summed E-state index contributed by atoms with van der Waals surface area (Å²) in [5, 5.41) is 4.67. The Kier molecular flexibility index (Phi) is 5.18. The molecule has 1 aromatic carbocycles. The SMILES string of the molecule is Cc1cc(C(F)=Cc2ccc(C3(C(F)(F)F)CC3)cc2)nn1Cc1ccc(Cl)nc1. The molecule has 0 spiro atoms. The first-order valence-electron chi connectivity index (χ1n) is 9.38. The van der Waals surface area contributed by atoms with E-state index in [9.17, 15) is 17.6 Å². The molecule has 8 heteroatoms. The number of nitrogens with zero attached hydrogens (tertiary/aromatic N) is 3. The zero-order valence-electron chi connectivity index (χ0n) is 16.0. The largest absolute Gasteiger partial charge is 0.398 e. The van der Waals surface area contributed by atoms with Crippen LogP contribution >= 0.6 is 11.6 Å². The highest BCUT2D eigenvalue weighted by Crippen LogP contribution is 2.58. The summed E-state index contributed by atoms with van der Waals surface area (Å²) >= 11 is 5.78. The average Bonchev–Trinajstić information content (AvgIpc) is 3.44. The minimum absolute atomic E-state index is 0.0971. The standard InChI is InChI=1S/C22H18ClF4N3/c1-14-10-19(29-30(14)13-16-4-7-20(23)28-12-16)18(24)11-15-2-5-17(6-3-15)21(8-9-21)22(25,26)27/h2-7,10-12H,8-9,13H2,1H3. The minimum atomic E-state index is -4.26. The molecule has 0 unspecified atom stereocenters. The molecular formula is C22H18ClF4N3. The van der Waals surface area contributed by atoms with Crippen LogP contribution in [0.1, 0.15) is 40.9 Å². The van der Waals surface area contributed by atoms with Crippen LogP contribution in [-0.4, -0.2) is 20.9 Å². The van der Waals surface area contributed by atoms with Gasteiger partial charge in [-0.25, -0.2) is 9.37 Å². The van der Waals surface area contributed by atoms with Gasteiger partial charge in [0, 0.05) is 11.9 Å². The molecule has 0 aliphatic heterocycles. The van der Waals surface area contributed by atoms with E-state index in [4.69, 9.17) is 11.6 Å². The van der Waals surface area contributed by atoms with Gasteiger partial charge in [-0.3, -0.25) is 4.68 Å². The average molecular weight is 436 g/mol. The van der Waals surface area contributed by atoms with E-state index in [2.05, 4.69) is 10.1 Å². The fraction of sp³-hybridized carbons (Fsp3) is 0.273. The Morgan fingerprint density at radius 2 is 1.87 bits per heavy atom. The Labute approximate surface area is 176 Å². The lowest BCUT2D eigenvalue weighted by Crippen LogP contribution is -2.28. The van der Waals surface area contributed by atoms with Gasteiger partial charge < -0.3 is 0 Å². The van der Waals surface area contributed by atoms with E-state index in [0.29, 0.717) is 17.3 Å². The molecule has 0 N–H and O–H groups in total. The number of pyridine rings is 1. The van der Waals surface area contributed by atoms with Crippen molar-refractivity contribution in [3.8, 4) is 0 Å². The zero-order chi connectivity index (χ0) is 21.5. The molecule has 3 nitrogen and oxygen atoms in total. The maximum atomic E-state index is 14.7. The number of benzene rings is 1. The lowest BCUT2D eigenvalue weighted by atomic mass is 9.94. The minimum Gasteiger partial charge on any atom is -0.265 e. The van der Waals surface area contributed by atoms with Crippen LogP contribution in [0.25, 0.3) is 11.9 Å². The fourth-order valence-corrected chi connectivity index (χ4v) is 3.55. The number of alkyl halides is 3. The summed E-state index contributed by atoms with van der Waals surface area (Å²) < 4.78 is 56.1. The van der Waals surface area contributed by atoms with Gasteiger partial charge in [-0.15, -0.1) is 0 Å². The Morgan fingerprint density at radius 3 is 2.43 bits per heavy atom. The smallest absolute Gasteiger partial charge is 0.265 e. The summed E-state index contributed by atoms with van der Waals surface area (Å²) in [6, 6.07) is 11.0. The van der Waals surface area contributed by atoms with Crippen molar-refractivity contribution in [1.82, 2.24) is 14.8 Å². The van der Waals surface area contributed by atoms with Crippen LogP contribution < -0.4 is 0 Å². The quantitative estimate of drug-likeness (QED) is 0.345. The summed E-state index contributed by atoms with van der Waals surface area (Å²) in [7, 11) is 0. The third kappa shape index (κ3) is 3.99. The Hall–Kier alpha value is -2.67. The highest BCUT2D eigenvalue weighted by molar-refractivity contribution is 6.29. The molecular weight excluding hydrogens is 418 g/mol. The van der Waals surface area contributed by atoms with Gasteiger partial charge >= 0.3 is 6.18 Å². The van der Waals surface area contributed by atoms with Crippen molar-refractivity contribution in [1.29, 1.82) is 0 Å². The second-order valence-corrected chi connectivity index (χ2v) is 7.90. The Bertz CT molecular complexity index is 1080. The summed E-state index contributed by atoms with van der Waals surface area (Å²) in [4.78, 5) is 4.01. The molecule has 1 aliphatic carbocycles. The monoisotopic (exact) mass is 435 g/mol. The molecule has 1 fully saturated rings. The van der Waals surface area contributed by atoms with E-state index >= 15 is 0 Å². The zero-order valence-corrected chi connectivity index (χ0v) is 16.8. The van der Waals surface area contributed by atoms with E-state index in [1.54, 1.807) is 23.0 Å². The van der Waals surface area contributed by atoms with Crippen LogP contribution in [0.4, 0.5) is 17.6 Å². The van der Waals surface area contributed by atoms with Gasteiger partial charge in [0.25, 0.3) is 0 Å². The van der Waals surface area contributed by atoms with Crippen molar-refractivity contribution < 1.29 is 17.6 Å². The van der Waals surface area contributed by atoms with Crippen molar-refractivity contribution in [2.24, 2.45) is 0 Å². The Balaban J connectivity index is 1.52. The van der Waals surface area contributed by atoms with Crippen molar-refractivity contribution in [3.05, 3.63) is 81.9 Å². The van der Waals surface area contributed by atoms with Crippen LogP contribution in [0.2, 0.25) is 5.15 Å². The van der Waals surface area contributed by atoms with Crippen molar-refractivity contribution in [2.75, 3.05) is 0 Å². The normalized spacial score (nSPS) is 16.0. The summed E-state index contributed by atoms with van der Waals surface area (Å²) in [6.07, 6.45) is -1.17. The lowest BCUT2D eigenvalue weighted by molar-refractivity contribution is -0.160. The molecule has 4 rings (SSSR count). The third-order valence-electron chi connectivity index (χ3n) is 5.40. The summed E-state index contributed by atoms with van der Waals surface area (Å²) in [5.41, 5.74) is 0.760. The van der Waals surface area contributed by atoms with Crippen LogP contribution in [0.15, 0.2) is 48.7 Å². The van der Waals surface area contributed by atoms with Gasteiger partial charge in [-0.1, -0.05) is 41.9 Å². The Morgan fingerprint density at radius 1 is 1.17 bits per heavy atom. The van der Waals surface area contributed by atoms with E-state index in [1.165, 1.54) is 30.3 Å². The van der Waals surface area contributed by atoms with Crippen molar-refractivity contribution in [3.63, 3.8) is 0 Å². The highest BCUT2D eigenvalue weighted by atomic mass is 35.5. The first-order valence-corrected chi connectivity index (χ1v) is 9.75. The number of rotatable bonds is 5. The molecule has 2 aromatic heterocycles. The van der Waals surface area contributed by atoms with Gasteiger partial charge in [0.1, 0.15) is 10.8 Å². The van der Waals surface area contributed by atoms with Crippen LogP contribution in [0.5, 0.6) is 0 Å². The van der Waals surface area contributed by atoms with E-state index in [0.717, 1.165) is 11.3 Å². The molecule has 1 aliphatic rings. The third-order valence-corrected chi connectivity index (χ3v) is 5.62. The highest BCUT2D eigenvalue weighted by Gasteiger charge is 2.64. The van der Waals surface area contributed by atoms with Gasteiger partial charge in [0.05, 0.1) is 12.0 Å². The summed E-state index contributed by atoms with van der Waals surface area (Å²) in [5.74, 6) is -0.559. The molecule has 30 heavy (non-hydrogen) atoms. The van der Waals surface area contributed by atoms with E-state index in [-0.39, 0.29) is 24.1 Å². The number of hydrogen-bond acceptors (Lipinski definition) is 2. The van der Waals surface area contributed by atoms with Crippen molar-refractivity contribution >= 4 is 23.5 Å². The number of aryl methyl sites for hydroxylation is 1. The lowest BCUT2D eigenvalue weighted by Gasteiger charge is -2.19. The molecule has 0 amide bonds. The molecule has 0 radical (unpaired) electrons. The first-order chi connectivity index (χ1) is 14.2. The second-order valence-electron chi connectivity index (χ2n) is 7.51. The molecule has 0 saturated heterocycles. The van der Waals surface area contributed by atoms with Crippen LogP contribution in [0.3, 0.4) is 0 Å². The molecule has 1 saturated carbocycles. The van der Waals surface area contributed by atoms with Gasteiger partial charge in [0.15, 0.2) is 5.83 Å². The number of aromatic nitrogens is 3. The molecule has 0 atom stereocenters. The fourth-order valence-electron chi connectivity index (χ4n) is 3.44. The van der Waals surface area contributed by atoms with Crippen LogP contribution in [0, 0.1) is 6.92 Å². The van der Waals surface area contributed by atoms with Gasteiger partial charge in [-0.05, 0) is 54.7 Å².